The molecule has 2 fully saturated rings. The van der Waals surface area contributed by atoms with Crippen molar-refractivity contribution in [1.82, 2.24) is 15.1 Å². The minimum Gasteiger partial charge on any atom is -0.353 e. The summed E-state index contributed by atoms with van der Waals surface area (Å²) >= 11 is 0. The fourth-order valence-corrected chi connectivity index (χ4v) is 5.46. The molecular weight excluding hydrogens is 376 g/mol. The number of para-hydroxylation sites is 1. The lowest BCUT2D eigenvalue weighted by atomic mass is 9.95. The zero-order chi connectivity index (χ0) is 21.5. The highest BCUT2D eigenvalue weighted by molar-refractivity contribution is 5.95. The second-order valence-corrected chi connectivity index (χ2v) is 10.4. The fourth-order valence-electron chi connectivity index (χ4n) is 5.46. The summed E-state index contributed by atoms with van der Waals surface area (Å²) in [5.74, 6) is 0.345. The molecule has 4 rings (SSSR count). The van der Waals surface area contributed by atoms with Crippen LogP contribution in [0.15, 0.2) is 24.3 Å². The van der Waals surface area contributed by atoms with Crippen LogP contribution in [0.3, 0.4) is 0 Å². The number of anilines is 1. The molecule has 1 aromatic rings. The summed E-state index contributed by atoms with van der Waals surface area (Å²) in [4.78, 5) is 32.5. The second kappa shape index (κ2) is 8.31. The van der Waals surface area contributed by atoms with Crippen LogP contribution in [0, 0.1) is 5.41 Å². The van der Waals surface area contributed by atoms with Gasteiger partial charge in [-0.1, -0.05) is 39.0 Å². The normalized spacial score (nSPS) is 27.5. The van der Waals surface area contributed by atoms with Gasteiger partial charge in [-0.05, 0) is 43.4 Å². The number of fused-ring (bicyclic) bond motifs is 2. The van der Waals surface area contributed by atoms with Gasteiger partial charge in [-0.3, -0.25) is 19.4 Å². The maximum atomic E-state index is 13.0. The molecule has 0 aliphatic carbocycles. The Morgan fingerprint density at radius 2 is 1.97 bits per heavy atom. The summed E-state index contributed by atoms with van der Waals surface area (Å²) in [6.07, 6.45) is 3.24. The number of rotatable bonds is 4. The summed E-state index contributed by atoms with van der Waals surface area (Å²) in [6.45, 7) is 9.96. The molecule has 6 nitrogen and oxygen atoms in total. The third-order valence-corrected chi connectivity index (χ3v) is 6.91. The van der Waals surface area contributed by atoms with Crippen LogP contribution in [-0.2, 0) is 16.0 Å². The molecule has 1 N–H and O–H groups in total. The summed E-state index contributed by atoms with van der Waals surface area (Å²) < 4.78 is 0. The van der Waals surface area contributed by atoms with Crippen molar-refractivity contribution < 1.29 is 9.59 Å². The van der Waals surface area contributed by atoms with Crippen LogP contribution in [0.2, 0.25) is 0 Å². The molecule has 0 aromatic heterocycles. The number of likely N-dealkylation sites (tertiary alicyclic amines) is 1. The van der Waals surface area contributed by atoms with E-state index >= 15 is 0 Å². The van der Waals surface area contributed by atoms with Gasteiger partial charge >= 0.3 is 0 Å². The molecule has 2 saturated heterocycles. The first-order valence-corrected chi connectivity index (χ1v) is 11.4. The Balaban J connectivity index is 1.39. The number of hydrogen-bond donors (Lipinski definition) is 1. The van der Waals surface area contributed by atoms with Crippen molar-refractivity contribution in [1.29, 1.82) is 0 Å². The van der Waals surface area contributed by atoms with Crippen LogP contribution >= 0.6 is 0 Å². The van der Waals surface area contributed by atoms with E-state index in [2.05, 4.69) is 49.0 Å². The third kappa shape index (κ3) is 4.26. The van der Waals surface area contributed by atoms with Crippen molar-refractivity contribution in [3.63, 3.8) is 0 Å². The van der Waals surface area contributed by atoms with E-state index in [1.54, 1.807) is 0 Å². The van der Waals surface area contributed by atoms with Gasteiger partial charge in [-0.2, -0.15) is 0 Å². The molecule has 3 atom stereocenters. The predicted octanol–water partition coefficient (Wildman–Crippen LogP) is 2.28. The SMILES string of the molecule is CN1[C@@H](CCC(=O)N2CCc3ccccc32)CNC(=O)[C@@H]2[C@@H]1CCN2CC(C)(C)C. The molecule has 0 bridgehead atoms. The van der Waals surface area contributed by atoms with Crippen molar-refractivity contribution in [2.75, 3.05) is 38.1 Å². The lowest BCUT2D eigenvalue weighted by molar-refractivity contribution is -0.126. The van der Waals surface area contributed by atoms with Crippen LogP contribution in [0.4, 0.5) is 5.69 Å². The van der Waals surface area contributed by atoms with Gasteiger partial charge in [-0.15, -0.1) is 0 Å². The second-order valence-electron chi connectivity index (χ2n) is 10.4. The number of benzene rings is 1. The fraction of sp³-hybridized carbons (Fsp3) is 0.667. The van der Waals surface area contributed by atoms with Crippen molar-refractivity contribution in [2.24, 2.45) is 5.41 Å². The molecule has 2 amide bonds. The Labute approximate surface area is 180 Å². The van der Waals surface area contributed by atoms with Gasteiger partial charge in [0.25, 0.3) is 0 Å². The average molecular weight is 413 g/mol. The Kier molecular flexibility index (Phi) is 5.90. The van der Waals surface area contributed by atoms with Crippen molar-refractivity contribution in [2.45, 2.75) is 64.6 Å². The predicted molar refractivity (Wildman–Crippen MR) is 120 cm³/mol. The number of carbonyl (C=O) groups is 2. The molecule has 6 heteroatoms. The van der Waals surface area contributed by atoms with Gasteiger partial charge in [0.05, 0.1) is 0 Å². The van der Waals surface area contributed by atoms with Crippen LogP contribution in [-0.4, -0.2) is 73.0 Å². The molecule has 0 saturated carbocycles. The number of carbonyl (C=O) groups excluding carboxylic acids is 2. The minimum absolute atomic E-state index is 0.0830. The summed E-state index contributed by atoms with van der Waals surface area (Å²) in [7, 11) is 2.14. The van der Waals surface area contributed by atoms with Crippen molar-refractivity contribution in [3.8, 4) is 0 Å². The highest BCUT2D eigenvalue weighted by atomic mass is 16.2. The molecule has 0 unspecified atom stereocenters. The van der Waals surface area contributed by atoms with E-state index < -0.39 is 0 Å². The molecule has 3 aliphatic heterocycles. The highest BCUT2D eigenvalue weighted by Gasteiger charge is 2.45. The zero-order valence-corrected chi connectivity index (χ0v) is 18.9. The zero-order valence-electron chi connectivity index (χ0n) is 18.9. The first-order chi connectivity index (χ1) is 14.2. The maximum Gasteiger partial charge on any atom is 0.239 e. The number of nitrogens with zero attached hydrogens (tertiary/aromatic N) is 3. The summed E-state index contributed by atoms with van der Waals surface area (Å²) in [5, 5.41) is 3.17. The monoisotopic (exact) mass is 412 g/mol. The quantitative estimate of drug-likeness (QED) is 0.824. The standard InChI is InChI=1S/C24H36N4O2/c1-24(2,3)16-27-13-12-20-22(27)23(30)25-15-18(26(20)4)9-10-21(29)28-14-11-17-7-5-6-8-19(17)28/h5-8,18,20,22H,9-16H2,1-4H3,(H,25,30)/t18-,20-,22-/m0/s1. The smallest absolute Gasteiger partial charge is 0.239 e. The van der Waals surface area contributed by atoms with Gasteiger partial charge in [-0.25, -0.2) is 0 Å². The van der Waals surface area contributed by atoms with E-state index in [0.717, 1.165) is 44.6 Å². The molecule has 164 valence electrons. The molecular formula is C24H36N4O2. The lowest BCUT2D eigenvalue weighted by Crippen LogP contribution is -2.51. The molecule has 3 aliphatic rings. The summed E-state index contributed by atoms with van der Waals surface area (Å²) in [5.41, 5.74) is 2.49. The Hall–Kier alpha value is -1.92. The van der Waals surface area contributed by atoms with Gasteiger partial charge < -0.3 is 10.2 Å². The number of amides is 2. The first-order valence-electron chi connectivity index (χ1n) is 11.4. The number of likely N-dealkylation sites (N-methyl/N-ethyl adjacent to an activating group) is 1. The van der Waals surface area contributed by atoms with E-state index in [4.69, 9.17) is 0 Å². The van der Waals surface area contributed by atoms with Crippen molar-refractivity contribution in [3.05, 3.63) is 29.8 Å². The lowest BCUT2D eigenvalue weighted by Gasteiger charge is -2.35. The molecule has 3 heterocycles. The molecule has 30 heavy (non-hydrogen) atoms. The number of hydrogen-bond acceptors (Lipinski definition) is 4. The highest BCUT2D eigenvalue weighted by Crippen LogP contribution is 2.31. The summed E-state index contributed by atoms with van der Waals surface area (Å²) in [6, 6.07) is 8.54. The van der Waals surface area contributed by atoms with E-state index in [-0.39, 0.29) is 35.4 Å². The average Bonchev–Trinajstić information content (AvgIpc) is 3.27. The van der Waals surface area contributed by atoms with Crippen LogP contribution in [0.25, 0.3) is 0 Å². The molecule has 1 aromatic carbocycles. The first kappa shape index (κ1) is 21.3. The minimum atomic E-state index is -0.0830. The van der Waals surface area contributed by atoms with Crippen LogP contribution < -0.4 is 10.2 Å². The van der Waals surface area contributed by atoms with E-state index in [9.17, 15) is 9.59 Å². The Bertz CT molecular complexity index is 803. The van der Waals surface area contributed by atoms with Crippen LogP contribution in [0.1, 0.15) is 45.6 Å². The van der Waals surface area contributed by atoms with Gasteiger partial charge in [0.1, 0.15) is 6.04 Å². The largest absolute Gasteiger partial charge is 0.353 e. The third-order valence-electron chi connectivity index (χ3n) is 6.91. The maximum absolute atomic E-state index is 13.0. The van der Waals surface area contributed by atoms with Gasteiger partial charge in [0.2, 0.25) is 11.8 Å². The number of nitrogens with one attached hydrogen (secondary N) is 1. The van der Waals surface area contributed by atoms with Crippen molar-refractivity contribution >= 4 is 17.5 Å². The van der Waals surface area contributed by atoms with Gasteiger partial charge in [0, 0.05) is 50.4 Å². The Morgan fingerprint density at radius 1 is 1.20 bits per heavy atom. The topological polar surface area (TPSA) is 55.9 Å². The molecule has 0 radical (unpaired) electrons. The van der Waals surface area contributed by atoms with Gasteiger partial charge in [0.15, 0.2) is 0 Å². The Morgan fingerprint density at radius 3 is 2.73 bits per heavy atom. The van der Waals surface area contributed by atoms with E-state index in [1.807, 2.05) is 23.1 Å². The molecule has 0 spiro atoms. The van der Waals surface area contributed by atoms with E-state index in [0.29, 0.717) is 13.0 Å². The van der Waals surface area contributed by atoms with E-state index in [1.165, 1.54) is 5.56 Å². The van der Waals surface area contributed by atoms with Crippen LogP contribution in [0.5, 0.6) is 0 Å².